The second-order valence-corrected chi connectivity index (χ2v) is 9.95. The highest BCUT2D eigenvalue weighted by Crippen LogP contribution is 2.40. The maximum atomic E-state index is 13.1. The molecule has 1 aliphatic carbocycles. The first-order valence-electron chi connectivity index (χ1n) is 9.53. The average molecular weight is 487 g/mol. The molecule has 0 aliphatic heterocycles. The summed E-state index contributed by atoms with van der Waals surface area (Å²) in [5.41, 5.74) is -0.949. The fraction of sp³-hybridized carbons (Fsp3) is 0.350. The third-order valence-corrected chi connectivity index (χ3v) is 7.01. The van der Waals surface area contributed by atoms with Gasteiger partial charge in [0.15, 0.2) is 5.16 Å². The number of thioether (sulfide) groups is 1. The van der Waals surface area contributed by atoms with E-state index in [1.54, 1.807) is 18.3 Å². The fourth-order valence-corrected chi connectivity index (χ4v) is 4.92. The first-order valence-corrected chi connectivity index (χ1v) is 11.7. The van der Waals surface area contributed by atoms with Crippen LogP contribution in [0.4, 0.5) is 18.9 Å². The number of benzene rings is 1. The number of hydrogen-bond acceptors (Lipinski definition) is 5. The summed E-state index contributed by atoms with van der Waals surface area (Å²) in [6.07, 6.45) is -1.85. The summed E-state index contributed by atoms with van der Waals surface area (Å²) in [4.78, 5) is 13.8. The van der Waals surface area contributed by atoms with E-state index in [0.717, 1.165) is 30.8 Å². The molecule has 1 N–H and O–H groups in total. The molecular weight excluding hydrogens is 469 g/mol. The van der Waals surface area contributed by atoms with E-state index in [-0.39, 0.29) is 5.69 Å². The van der Waals surface area contributed by atoms with Crippen molar-refractivity contribution in [2.45, 2.75) is 48.8 Å². The first kappa shape index (κ1) is 22.2. The van der Waals surface area contributed by atoms with Gasteiger partial charge in [-0.25, -0.2) is 0 Å². The Morgan fingerprint density at radius 2 is 2.13 bits per heavy atom. The van der Waals surface area contributed by atoms with E-state index in [1.165, 1.54) is 22.7 Å². The number of nitrogens with zero attached hydrogens (tertiary/aromatic N) is 3. The highest BCUT2D eigenvalue weighted by atomic mass is 35.5. The minimum atomic E-state index is -4.60. The van der Waals surface area contributed by atoms with Crippen LogP contribution in [-0.2, 0) is 17.4 Å². The van der Waals surface area contributed by atoms with Gasteiger partial charge in [0.05, 0.1) is 15.8 Å². The summed E-state index contributed by atoms with van der Waals surface area (Å²) in [5, 5.41) is 12.8. The third kappa shape index (κ3) is 5.24. The van der Waals surface area contributed by atoms with E-state index in [9.17, 15) is 18.0 Å². The van der Waals surface area contributed by atoms with Crippen molar-refractivity contribution in [3.8, 4) is 0 Å². The minimum Gasteiger partial charge on any atom is -0.325 e. The van der Waals surface area contributed by atoms with Gasteiger partial charge in [-0.15, -0.1) is 21.5 Å². The molecule has 1 amide bonds. The number of aromatic nitrogens is 3. The van der Waals surface area contributed by atoms with Crippen LogP contribution in [0.15, 0.2) is 40.9 Å². The van der Waals surface area contributed by atoms with E-state index in [2.05, 4.69) is 20.1 Å². The number of rotatable bonds is 7. The molecule has 0 spiro atoms. The molecule has 31 heavy (non-hydrogen) atoms. The van der Waals surface area contributed by atoms with Gasteiger partial charge in [-0.1, -0.05) is 29.4 Å². The van der Waals surface area contributed by atoms with Gasteiger partial charge in [0, 0.05) is 23.0 Å². The molecule has 0 radical (unpaired) electrons. The largest absolute Gasteiger partial charge is 0.417 e. The molecule has 164 valence electrons. The number of anilines is 1. The van der Waals surface area contributed by atoms with Gasteiger partial charge in [-0.3, -0.25) is 4.79 Å². The Labute approximate surface area is 190 Å². The van der Waals surface area contributed by atoms with Crippen molar-refractivity contribution in [3.63, 3.8) is 0 Å². The van der Waals surface area contributed by atoms with Crippen LogP contribution in [0.2, 0.25) is 5.02 Å². The van der Waals surface area contributed by atoms with E-state index < -0.39 is 27.9 Å². The van der Waals surface area contributed by atoms with Gasteiger partial charge in [-0.05, 0) is 49.4 Å². The molecule has 2 aromatic heterocycles. The SMILES string of the molecule is CC(Sc1nnc(Cc2cccs2)n1C1CC1)C(=O)Nc1ccc(Cl)c(C(F)(F)F)c1. The van der Waals surface area contributed by atoms with Crippen molar-refractivity contribution >= 4 is 46.3 Å². The van der Waals surface area contributed by atoms with Gasteiger partial charge in [0.1, 0.15) is 5.82 Å². The van der Waals surface area contributed by atoms with E-state index in [4.69, 9.17) is 11.6 Å². The molecule has 2 heterocycles. The topological polar surface area (TPSA) is 59.8 Å². The average Bonchev–Trinajstić information content (AvgIpc) is 3.26. The van der Waals surface area contributed by atoms with Crippen LogP contribution in [0.5, 0.6) is 0 Å². The zero-order valence-electron chi connectivity index (χ0n) is 16.3. The summed E-state index contributed by atoms with van der Waals surface area (Å²) in [5.74, 6) is 0.429. The van der Waals surface area contributed by atoms with Crippen LogP contribution >= 0.6 is 34.7 Å². The lowest BCUT2D eigenvalue weighted by molar-refractivity contribution is -0.137. The lowest BCUT2D eigenvalue weighted by Crippen LogP contribution is -2.23. The molecule has 0 bridgehead atoms. The third-order valence-electron chi connectivity index (χ3n) is 4.75. The highest BCUT2D eigenvalue weighted by Gasteiger charge is 2.34. The van der Waals surface area contributed by atoms with Crippen molar-refractivity contribution in [2.75, 3.05) is 5.32 Å². The standard InChI is InChI=1S/C20H18ClF3N4OS2/c1-11(18(29)25-12-4-7-16(21)15(9-12)20(22,23)24)31-19-27-26-17(28(19)13-5-6-13)10-14-3-2-8-30-14/h2-4,7-9,11,13H,5-6,10H2,1H3,(H,25,29). The molecule has 1 aromatic carbocycles. The van der Waals surface area contributed by atoms with Crippen molar-refractivity contribution in [3.05, 3.63) is 57.0 Å². The van der Waals surface area contributed by atoms with Crippen molar-refractivity contribution in [2.24, 2.45) is 0 Å². The van der Waals surface area contributed by atoms with Gasteiger partial charge in [-0.2, -0.15) is 13.2 Å². The molecule has 11 heteroatoms. The molecular formula is C20H18ClF3N4OS2. The predicted octanol–water partition coefficient (Wildman–Crippen LogP) is 6.06. The molecule has 1 fully saturated rings. The normalized spacial score (nSPS) is 15.1. The van der Waals surface area contributed by atoms with Crippen molar-refractivity contribution in [1.82, 2.24) is 14.8 Å². The molecule has 1 saturated carbocycles. The predicted molar refractivity (Wildman–Crippen MR) is 116 cm³/mol. The summed E-state index contributed by atoms with van der Waals surface area (Å²) in [7, 11) is 0. The summed E-state index contributed by atoms with van der Waals surface area (Å²) in [6.45, 7) is 1.69. The Morgan fingerprint density at radius 1 is 1.35 bits per heavy atom. The second kappa shape index (κ2) is 8.84. The van der Waals surface area contributed by atoms with Crippen LogP contribution in [-0.4, -0.2) is 25.9 Å². The van der Waals surface area contributed by atoms with Crippen LogP contribution in [0.1, 0.15) is 42.1 Å². The summed E-state index contributed by atoms with van der Waals surface area (Å²) in [6, 6.07) is 7.66. The molecule has 5 nitrogen and oxygen atoms in total. The van der Waals surface area contributed by atoms with E-state index in [0.29, 0.717) is 17.6 Å². The highest BCUT2D eigenvalue weighted by molar-refractivity contribution is 8.00. The number of thiophene rings is 1. The van der Waals surface area contributed by atoms with Crippen molar-refractivity contribution in [1.29, 1.82) is 0 Å². The Bertz CT molecular complexity index is 1080. The summed E-state index contributed by atoms with van der Waals surface area (Å²) < 4.78 is 41.3. The molecule has 4 rings (SSSR count). The Kier molecular flexibility index (Phi) is 6.32. The minimum absolute atomic E-state index is 0.0382. The molecule has 0 saturated heterocycles. The quantitative estimate of drug-likeness (QED) is 0.412. The molecule has 1 atom stereocenters. The zero-order chi connectivity index (χ0) is 22.2. The van der Waals surface area contributed by atoms with Gasteiger partial charge >= 0.3 is 6.18 Å². The number of nitrogens with one attached hydrogen (secondary N) is 1. The number of carbonyl (C=O) groups excluding carboxylic acids is 1. The molecule has 1 aliphatic rings. The zero-order valence-corrected chi connectivity index (χ0v) is 18.7. The number of halogens is 4. The molecule has 1 unspecified atom stereocenters. The number of carbonyl (C=O) groups is 1. The van der Waals surface area contributed by atoms with E-state index >= 15 is 0 Å². The van der Waals surface area contributed by atoms with Crippen LogP contribution in [0.3, 0.4) is 0 Å². The number of amides is 1. The monoisotopic (exact) mass is 486 g/mol. The number of hydrogen-bond donors (Lipinski definition) is 1. The van der Waals surface area contributed by atoms with Gasteiger partial charge in [0.25, 0.3) is 0 Å². The Balaban J connectivity index is 1.47. The molecule has 3 aromatic rings. The fourth-order valence-electron chi connectivity index (χ4n) is 3.05. The lowest BCUT2D eigenvalue weighted by Gasteiger charge is -2.15. The lowest BCUT2D eigenvalue weighted by atomic mass is 10.2. The Hall–Kier alpha value is -2.04. The maximum Gasteiger partial charge on any atom is 0.417 e. The van der Waals surface area contributed by atoms with Crippen LogP contribution < -0.4 is 5.32 Å². The Morgan fingerprint density at radius 3 is 2.77 bits per heavy atom. The first-order chi connectivity index (χ1) is 14.7. The van der Waals surface area contributed by atoms with Gasteiger partial charge in [0.2, 0.25) is 5.91 Å². The summed E-state index contributed by atoms with van der Waals surface area (Å²) >= 11 is 8.53. The van der Waals surface area contributed by atoms with Gasteiger partial charge < -0.3 is 9.88 Å². The second-order valence-electron chi connectivity index (χ2n) is 7.20. The smallest absolute Gasteiger partial charge is 0.325 e. The van der Waals surface area contributed by atoms with Crippen LogP contribution in [0, 0.1) is 0 Å². The van der Waals surface area contributed by atoms with Crippen LogP contribution in [0.25, 0.3) is 0 Å². The number of alkyl halides is 3. The maximum absolute atomic E-state index is 13.1. The van der Waals surface area contributed by atoms with E-state index in [1.807, 2.05) is 17.5 Å². The van der Waals surface area contributed by atoms with Crippen molar-refractivity contribution < 1.29 is 18.0 Å².